The van der Waals surface area contributed by atoms with Crippen LogP contribution in [0.25, 0.3) is 6.08 Å². The van der Waals surface area contributed by atoms with E-state index in [-0.39, 0.29) is 5.91 Å². The van der Waals surface area contributed by atoms with Crippen molar-refractivity contribution in [3.05, 3.63) is 68.1 Å². The Morgan fingerprint density at radius 2 is 1.76 bits per heavy atom. The van der Waals surface area contributed by atoms with Crippen molar-refractivity contribution in [2.45, 2.75) is 0 Å². The first kappa shape index (κ1) is 16.2. The van der Waals surface area contributed by atoms with E-state index in [1.54, 1.807) is 42.5 Å². The Hall–Kier alpha value is -1.19. The third-order valence-electron chi connectivity index (χ3n) is 2.59. The monoisotopic (exact) mass is 359 g/mol. The molecule has 0 heterocycles. The summed E-state index contributed by atoms with van der Waals surface area (Å²) in [5.41, 5.74) is 1.13. The predicted molar refractivity (Wildman–Crippen MR) is 90.6 cm³/mol. The van der Waals surface area contributed by atoms with E-state index >= 15 is 0 Å². The fourth-order valence-electron chi connectivity index (χ4n) is 1.58. The van der Waals surface area contributed by atoms with E-state index in [4.69, 9.17) is 46.4 Å². The zero-order chi connectivity index (χ0) is 15.4. The van der Waals surface area contributed by atoms with E-state index in [9.17, 15) is 4.79 Å². The molecule has 1 N–H and O–H groups in total. The van der Waals surface area contributed by atoms with Crippen LogP contribution in [0.4, 0.5) is 5.69 Å². The smallest absolute Gasteiger partial charge is 0.248 e. The summed E-state index contributed by atoms with van der Waals surface area (Å²) in [5, 5.41) is 4.31. The molecule has 21 heavy (non-hydrogen) atoms. The Morgan fingerprint density at radius 1 is 1.00 bits per heavy atom. The van der Waals surface area contributed by atoms with Crippen LogP contribution in [0.3, 0.4) is 0 Å². The van der Waals surface area contributed by atoms with Crippen LogP contribution < -0.4 is 5.32 Å². The molecule has 0 aliphatic heterocycles. The molecule has 0 saturated heterocycles. The van der Waals surface area contributed by atoms with Crippen LogP contribution in [0.15, 0.2) is 42.5 Å². The van der Waals surface area contributed by atoms with E-state index in [2.05, 4.69) is 5.32 Å². The van der Waals surface area contributed by atoms with Gasteiger partial charge in [0.2, 0.25) is 5.91 Å². The summed E-state index contributed by atoms with van der Waals surface area (Å²) in [6.07, 6.45) is 2.94. The van der Waals surface area contributed by atoms with Gasteiger partial charge in [0.1, 0.15) is 0 Å². The number of anilines is 1. The zero-order valence-corrected chi connectivity index (χ0v) is 13.6. The Morgan fingerprint density at radius 3 is 2.48 bits per heavy atom. The molecule has 0 fully saturated rings. The number of rotatable bonds is 3. The summed E-state index contributed by atoms with van der Waals surface area (Å²) in [6.45, 7) is 0. The van der Waals surface area contributed by atoms with Crippen molar-refractivity contribution in [1.82, 2.24) is 0 Å². The molecular weight excluding hydrogens is 352 g/mol. The number of carbonyl (C=O) groups is 1. The minimum absolute atomic E-state index is 0.297. The first-order valence-electron chi connectivity index (χ1n) is 5.85. The average molecular weight is 361 g/mol. The molecule has 1 amide bonds. The van der Waals surface area contributed by atoms with Gasteiger partial charge in [0.05, 0.1) is 15.7 Å². The number of hydrogen-bond acceptors (Lipinski definition) is 1. The molecule has 2 nitrogen and oxygen atoms in total. The van der Waals surface area contributed by atoms with Crippen molar-refractivity contribution in [3.8, 4) is 0 Å². The molecule has 0 spiro atoms. The highest BCUT2D eigenvalue weighted by molar-refractivity contribution is 6.44. The number of carbonyl (C=O) groups excluding carboxylic acids is 1. The Kier molecular flexibility index (Phi) is 5.54. The summed E-state index contributed by atoms with van der Waals surface area (Å²) in [6, 6.07) is 10.0. The minimum Gasteiger partial charge on any atom is -0.321 e. The molecule has 0 aromatic heterocycles. The summed E-state index contributed by atoms with van der Waals surface area (Å²) in [4.78, 5) is 11.9. The average Bonchev–Trinajstić information content (AvgIpc) is 2.43. The van der Waals surface area contributed by atoms with Crippen LogP contribution in [0.5, 0.6) is 0 Å². The van der Waals surface area contributed by atoms with Gasteiger partial charge in [0, 0.05) is 16.1 Å². The molecule has 0 aliphatic rings. The van der Waals surface area contributed by atoms with E-state index < -0.39 is 0 Å². The molecule has 108 valence electrons. The van der Waals surface area contributed by atoms with Gasteiger partial charge < -0.3 is 5.32 Å². The van der Waals surface area contributed by atoms with Crippen LogP contribution in [0.2, 0.25) is 20.1 Å². The summed E-state index contributed by atoms with van der Waals surface area (Å²) in [5.74, 6) is -0.342. The van der Waals surface area contributed by atoms with Crippen molar-refractivity contribution in [2.24, 2.45) is 0 Å². The molecule has 0 unspecified atom stereocenters. The SMILES string of the molecule is O=C(/C=C/c1ccc(Cl)cc1Cl)Nc1cccc(Cl)c1Cl. The normalized spacial score (nSPS) is 10.9. The standard InChI is InChI=1S/C15H9Cl4NO/c16-10-6-4-9(12(18)8-10)5-7-14(21)20-13-3-1-2-11(17)15(13)19/h1-8H,(H,20,21)/b7-5+. The fourth-order valence-corrected chi connectivity index (χ4v) is 2.40. The zero-order valence-electron chi connectivity index (χ0n) is 10.5. The van der Waals surface area contributed by atoms with Gasteiger partial charge in [0.15, 0.2) is 0 Å². The quantitative estimate of drug-likeness (QED) is 0.673. The van der Waals surface area contributed by atoms with Crippen molar-refractivity contribution in [1.29, 1.82) is 0 Å². The van der Waals surface area contributed by atoms with Crippen LogP contribution in [-0.2, 0) is 4.79 Å². The van der Waals surface area contributed by atoms with Gasteiger partial charge >= 0.3 is 0 Å². The number of benzene rings is 2. The Labute approximate surface area is 142 Å². The molecule has 0 radical (unpaired) electrons. The van der Waals surface area contributed by atoms with Crippen molar-refractivity contribution >= 4 is 64.1 Å². The molecule has 6 heteroatoms. The van der Waals surface area contributed by atoms with E-state index in [1.165, 1.54) is 6.08 Å². The Balaban J connectivity index is 2.11. The molecule has 2 aromatic rings. The van der Waals surface area contributed by atoms with Gasteiger partial charge in [-0.25, -0.2) is 0 Å². The van der Waals surface area contributed by atoms with Gasteiger partial charge in [-0.1, -0.05) is 58.5 Å². The van der Waals surface area contributed by atoms with Gasteiger partial charge in [-0.2, -0.15) is 0 Å². The highest BCUT2D eigenvalue weighted by Crippen LogP contribution is 2.29. The predicted octanol–water partition coefficient (Wildman–Crippen LogP) is 5.95. The maximum absolute atomic E-state index is 11.9. The molecular formula is C15H9Cl4NO. The van der Waals surface area contributed by atoms with Crippen LogP contribution >= 0.6 is 46.4 Å². The first-order chi connectivity index (χ1) is 9.97. The molecule has 0 bridgehead atoms. The van der Waals surface area contributed by atoms with Crippen LogP contribution in [0, 0.1) is 0 Å². The molecule has 0 atom stereocenters. The second-order valence-electron chi connectivity index (χ2n) is 4.09. The molecule has 0 saturated carbocycles. The van der Waals surface area contributed by atoms with E-state index in [0.717, 1.165) is 0 Å². The summed E-state index contributed by atoms with van der Waals surface area (Å²) < 4.78 is 0. The first-order valence-corrected chi connectivity index (χ1v) is 7.36. The number of nitrogens with one attached hydrogen (secondary N) is 1. The Bertz CT molecular complexity index is 713. The van der Waals surface area contributed by atoms with E-state index in [1.807, 2.05) is 0 Å². The van der Waals surface area contributed by atoms with Crippen LogP contribution in [-0.4, -0.2) is 5.91 Å². The molecule has 2 rings (SSSR count). The second kappa shape index (κ2) is 7.19. The minimum atomic E-state index is -0.342. The van der Waals surface area contributed by atoms with Gasteiger partial charge in [0.25, 0.3) is 0 Å². The van der Waals surface area contributed by atoms with Gasteiger partial charge in [-0.05, 0) is 35.9 Å². The van der Waals surface area contributed by atoms with Crippen LogP contribution in [0.1, 0.15) is 5.56 Å². The van der Waals surface area contributed by atoms with E-state index in [0.29, 0.717) is 31.3 Å². The number of amides is 1. The highest BCUT2D eigenvalue weighted by atomic mass is 35.5. The van der Waals surface area contributed by atoms with Crippen molar-refractivity contribution < 1.29 is 4.79 Å². The summed E-state index contributed by atoms with van der Waals surface area (Å²) >= 11 is 23.7. The lowest BCUT2D eigenvalue weighted by Crippen LogP contribution is -2.08. The maximum Gasteiger partial charge on any atom is 0.248 e. The lowest BCUT2D eigenvalue weighted by molar-refractivity contribution is -0.111. The van der Waals surface area contributed by atoms with Crippen molar-refractivity contribution in [2.75, 3.05) is 5.32 Å². The largest absolute Gasteiger partial charge is 0.321 e. The number of hydrogen-bond donors (Lipinski definition) is 1. The highest BCUT2D eigenvalue weighted by Gasteiger charge is 2.06. The third kappa shape index (κ3) is 4.39. The van der Waals surface area contributed by atoms with Gasteiger partial charge in [-0.3, -0.25) is 4.79 Å². The maximum atomic E-state index is 11.9. The lowest BCUT2D eigenvalue weighted by atomic mass is 10.2. The topological polar surface area (TPSA) is 29.1 Å². The third-order valence-corrected chi connectivity index (χ3v) is 3.97. The molecule has 0 aliphatic carbocycles. The van der Waals surface area contributed by atoms with Gasteiger partial charge in [-0.15, -0.1) is 0 Å². The summed E-state index contributed by atoms with van der Waals surface area (Å²) in [7, 11) is 0. The van der Waals surface area contributed by atoms with Crippen molar-refractivity contribution in [3.63, 3.8) is 0 Å². The molecule has 2 aromatic carbocycles. The second-order valence-corrected chi connectivity index (χ2v) is 5.72. The fraction of sp³-hybridized carbons (Fsp3) is 0. The lowest BCUT2D eigenvalue weighted by Gasteiger charge is -2.05. The number of halogens is 4.